The lowest BCUT2D eigenvalue weighted by molar-refractivity contribution is 0.516. The zero-order valence-electron chi connectivity index (χ0n) is 10.3. The molecule has 0 aromatic heterocycles. The first-order valence-corrected chi connectivity index (χ1v) is 8.06. The van der Waals surface area contributed by atoms with Gasteiger partial charge in [0.1, 0.15) is 0 Å². The SMILES string of the molecule is CC(N)c1ccc(Br)cc1SC1CCCCC1. The molecule has 3 heteroatoms. The van der Waals surface area contributed by atoms with Gasteiger partial charge in [-0.1, -0.05) is 41.3 Å². The molecule has 0 amide bonds. The van der Waals surface area contributed by atoms with Crippen molar-refractivity contribution in [1.29, 1.82) is 0 Å². The molecule has 2 N–H and O–H groups in total. The Morgan fingerprint density at radius 1 is 1.29 bits per heavy atom. The molecule has 1 aliphatic rings. The van der Waals surface area contributed by atoms with Crippen molar-refractivity contribution < 1.29 is 0 Å². The minimum atomic E-state index is 0.120. The van der Waals surface area contributed by atoms with Crippen LogP contribution in [0, 0.1) is 0 Å². The summed E-state index contributed by atoms with van der Waals surface area (Å²) in [5.41, 5.74) is 7.32. The number of hydrogen-bond acceptors (Lipinski definition) is 2. The van der Waals surface area contributed by atoms with Crippen LogP contribution >= 0.6 is 27.7 Å². The van der Waals surface area contributed by atoms with Crippen molar-refractivity contribution in [2.45, 2.75) is 55.2 Å². The quantitative estimate of drug-likeness (QED) is 0.859. The van der Waals surface area contributed by atoms with E-state index in [9.17, 15) is 0 Å². The summed E-state index contributed by atoms with van der Waals surface area (Å²) in [4.78, 5) is 1.36. The molecule has 0 aliphatic heterocycles. The monoisotopic (exact) mass is 313 g/mol. The van der Waals surface area contributed by atoms with Crippen molar-refractivity contribution in [1.82, 2.24) is 0 Å². The Morgan fingerprint density at radius 3 is 2.65 bits per heavy atom. The Kier molecular flexibility index (Phi) is 4.95. The molecule has 0 heterocycles. The van der Waals surface area contributed by atoms with E-state index in [0.29, 0.717) is 0 Å². The van der Waals surface area contributed by atoms with Gasteiger partial charge in [-0.15, -0.1) is 11.8 Å². The van der Waals surface area contributed by atoms with Crippen molar-refractivity contribution in [2.24, 2.45) is 5.73 Å². The maximum Gasteiger partial charge on any atom is 0.0277 e. The molecule has 0 spiro atoms. The molecule has 1 aromatic carbocycles. The summed E-state index contributed by atoms with van der Waals surface area (Å²) in [5.74, 6) is 0. The fraction of sp³-hybridized carbons (Fsp3) is 0.571. The van der Waals surface area contributed by atoms with Crippen LogP contribution in [0.25, 0.3) is 0 Å². The van der Waals surface area contributed by atoms with Crippen LogP contribution in [-0.2, 0) is 0 Å². The van der Waals surface area contributed by atoms with E-state index in [-0.39, 0.29) is 6.04 Å². The molecule has 1 aliphatic carbocycles. The Balaban J connectivity index is 2.14. The highest BCUT2D eigenvalue weighted by Gasteiger charge is 2.17. The third-order valence-electron chi connectivity index (χ3n) is 3.31. The van der Waals surface area contributed by atoms with Gasteiger partial charge < -0.3 is 5.73 Å². The van der Waals surface area contributed by atoms with Gasteiger partial charge in [-0.25, -0.2) is 0 Å². The molecule has 2 rings (SSSR count). The summed E-state index contributed by atoms with van der Waals surface area (Å²) >= 11 is 5.58. The largest absolute Gasteiger partial charge is 0.324 e. The molecule has 1 unspecified atom stereocenters. The molecule has 17 heavy (non-hydrogen) atoms. The van der Waals surface area contributed by atoms with Crippen molar-refractivity contribution in [2.75, 3.05) is 0 Å². The van der Waals surface area contributed by atoms with E-state index in [1.165, 1.54) is 42.6 Å². The lowest BCUT2D eigenvalue weighted by atomic mass is 10.0. The molecular formula is C14H20BrNS. The topological polar surface area (TPSA) is 26.0 Å². The lowest BCUT2D eigenvalue weighted by Gasteiger charge is -2.23. The second-order valence-corrected chi connectivity index (χ2v) is 7.11. The van der Waals surface area contributed by atoms with Crippen molar-refractivity contribution in [3.05, 3.63) is 28.2 Å². The van der Waals surface area contributed by atoms with E-state index < -0.39 is 0 Å². The van der Waals surface area contributed by atoms with E-state index in [4.69, 9.17) is 5.73 Å². The highest BCUT2D eigenvalue weighted by atomic mass is 79.9. The summed E-state index contributed by atoms with van der Waals surface area (Å²) in [7, 11) is 0. The number of nitrogens with two attached hydrogens (primary N) is 1. The zero-order valence-corrected chi connectivity index (χ0v) is 12.7. The van der Waals surface area contributed by atoms with Gasteiger partial charge in [0, 0.05) is 20.7 Å². The first kappa shape index (κ1) is 13.4. The third kappa shape index (κ3) is 3.73. The molecule has 0 bridgehead atoms. The normalized spacial score (nSPS) is 19.2. The van der Waals surface area contributed by atoms with Crippen LogP contribution in [0.5, 0.6) is 0 Å². The van der Waals surface area contributed by atoms with E-state index in [0.717, 1.165) is 9.72 Å². The van der Waals surface area contributed by atoms with Crippen molar-refractivity contribution >= 4 is 27.7 Å². The predicted octanol–water partition coefficient (Wildman–Crippen LogP) is 4.89. The van der Waals surface area contributed by atoms with Crippen LogP contribution in [0.4, 0.5) is 0 Å². The predicted molar refractivity (Wildman–Crippen MR) is 79.5 cm³/mol. The standard InChI is InChI=1S/C14H20BrNS/c1-10(16)13-8-7-11(15)9-14(13)17-12-5-3-2-4-6-12/h7-10,12H,2-6,16H2,1H3. The summed E-state index contributed by atoms with van der Waals surface area (Å²) in [6.07, 6.45) is 6.90. The molecule has 1 atom stereocenters. The first-order valence-electron chi connectivity index (χ1n) is 6.38. The average Bonchev–Trinajstić information content (AvgIpc) is 2.30. The number of hydrogen-bond donors (Lipinski definition) is 1. The van der Waals surface area contributed by atoms with Gasteiger partial charge >= 0.3 is 0 Å². The Hall–Kier alpha value is 0.01000. The molecule has 0 saturated heterocycles. The van der Waals surface area contributed by atoms with Crippen LogP contribution in [0.15, 0.2) is 27.6 Å². The molecule has 94 valence electrons. The van der Waals surface area contributed by atoms with Crippen LogP contribution in [0.1, 0.15) is 50.6 Å². The highest BCUT2D eigenvalue weighted by molar-refractivity contribution is 9.10. The summed E-state index contributed by atoms with van der Waals surface area (Å²) < 4.78 is 1.15. The van der Waals surface area contributed by atoms with Crippen LogP contribution in [0.2, 0.25) is 0 Å². The van der Waals surface area contributed by atoms with Crippen molar-refractivity contribution in [3.63, 3.8) is 0 Å². The lowest BCUT2D eigenvalue weighted by Crippen LogP contribution is -2.11. The fourth-order valence-corrected chi connectivity index (χ4v) is 4.37. The second kappa shape index (κ2) is 6.26. The van der Waals surface area contributed by atoms with E-state index in [1.807, 2.05) is 11.8 Å². The summed E-state index contributed by atoms with van der Waals surface area (Å²) in [6, 6.07) is 6.58. The first-order chi connectivity index (χ1) is 8.16. The van der Waals surface area contributed by atoms with E-state index in [1.54, 1.807) is 0 Å². The molecule has 0 radical (unpaired) electrons. The Labute approximate surface area is 117 Å². The minimum absolute atomic E-state index is 0.120. The molecule has 1 nitrogen and oxygen atoms in total. The fourth-order valence-electron chi connectivity index (χ4n) is 2.35. The van der Waals surface area contributed by atoms with Gasteiger partial charge in [-0.3, -0.25) is 0 Å². The zero-order chi connectivity index (χ0) is 12.3. The van der Waals surface area contributed by atoms with Crippen molar-refractivity contribution in [3.8, 4) is 0 Å². The van der Waals surface area contributed by atoms with Crippen LogP contribution < -0.4 is 5.73 Å². The molecular weight excluding hydrogens is 294 g/mol. The molecule has 1 saturated carbocycles. The highest BCUT2D eigenvalue weighted by Crippen LogP contribution is 2.37. The number of rotatable bonds is 3. The maximum absolute atomic E-state index is 6.04. The van der Waals surface area contributed by atoms with Gasteiger partial charge in [0.05, 0.1) is 0 Å². The van der Waals surface area contributed by atoms with Gasteiger partial charge in [-0.05, 0) is 37.5 Å². The summed E-state index contributed by atoms with van der Waals surface area (Å²) in [6.45, 7) is 2.06. The molecule has 1 fully saturated rings. The van der Waals surface area contributed by atoms with Gasteiger partial charge in [0.25, 0.3) is 0 Å². The smallest absolute Gasteiger partial charge is 0.0277 e. The average molecular weight is 314 g/mol. The Bertz CT molecular complexity index is 372. The maximum atomic E-state index is 6.04. The van der Waals surface area contributed by atoms with Gasteiger partial charge in [0.15, 0.2) is 0 Å². The number of benzene rings is 1. The van der Waals surface area contributed by atoms with Crippen LogP contribution in [0.3, 0.4) is 0 Å². The second-order valence-electron chi connectivity index (χ2n) is 4.85. The van der Waals surface area contributed by atoms with E-state index >= 15 is 0 Å². The molecule has 1 aromatic rings. The van der Waals surface area contributed by atoms with Gasteiger partial charge in [-0.2, -0.15) is 0 Å². The summed E-state index contributed by atoms with van der Waals surface area (Å²) in [5, 5.41) is 0.788. The van der Waals surface area contributed by atoms with E-state index in [2.05, 4.69) is 41.1 Å². The minimum Gasteiger partial charge on any atom is -0.324 e. The Morgan fingerprint density at radius 2 is 2.00 bits per heavy atom. The number of thioether (sulfide) groups is 1. The number of halogens is 1. The van der Waals surface area contributed by atoms with Crippen LogP contribution in [-0.4, -0.2) is 5.25 Å². The van der Waals surface area contributed by atoms with Gasteiger partial charge in [0.2, 0.25) is 0 Å². The third-order valence-corrected chi connectivity index (χ3v) is 5.22.